The molecule has 0 spiro atoms. The van der Waals surface area contributed by atoms with Crippen LogP contribution in [0.5, 0.6) is 0 Å². The Morgan fingerprint density at radius 2 is 1.37 bits per heavy atom. The number of nitrogens with zero attached hydrogens (tertiary/aromatic N) is 3. The zero-order valence-electron chi connectivity index (χ0n) is 39.8. The van der Waals surface area contributed by atoms with Crippen molar-refractivity contribution < 1.29 is 52.4 Å². The van der Waals surface area contributed by atoms with Gasteiger partial charge in [0.15, 0.2) is 0 Å². The number of benzene rings is 1. The third kappa shape index (κ3) is 16.8. The van der Waals surface area contributed by atoms with E-state index in [1.54, 1.807) is 30.9 Å². The lowest BCUT2D eigenvalue weighted by atomic mass is 9.91. The molecule has 0 saturated carbocycles. The first-order valence-corrected chi connectivity index (χ1v) is 22.1. The molecule has 1 saturated heterocycles. The fourth-order valence-electron chi connectivity index (χ4n) is 8.41. The third-order valence-electron chi connectivity index (χ3n) is 11.6. The van der Waals surface area contributed by atoms with Gasteiger partial charge in [0.05, 0.1) is 75.7 Å². The number of carbonyl (C=O) groups excluding carboxylic acids is 5. The average molecular weight is 878 g/mol. The Morgan fingerprint density at radius 3 is 1.90 bits per heavy atom. The third-order valence-corrected chi connectivity index (χ3v) is 11.6. The van der Waals surface area contributed by atoms with Crippen molar-refractivity contribution in [2.75, 3.05) is 88.7 Å². The minimum absolute atomic E-state index is 0.00189. The Morgan fingerprint density at radius 1 is 0.758 bits per heavy atom. The second-order valence-corrected chi connectivity index (χ2v) is 17.5. The summed E-state index contributed by atoms with van der Waals surface area (Å²) in [5, 5.41) is 5.93. The van der Waals surface area contributed by atoms with Crippen LogP contribution in [0.3, 0.4) is 0 Å². The van der Waals surface area contributed by atoms with Gasteiger partial charge in [-0.05, 0) is 50.3 Å². The summed E-state index contributed by atoms with van der Waals surface area (Å²) in [6.45, 7) is 15.7. The minimum atomic E-state index is -0.980. The number of methoxy groups -OCH3 is 3. The summed E-state index contributed by atoms with van der Waals surface area (Å²) in [5.41, 5.74) is 0.844. The smallest absolute Gasteiger partial charge is 0.329 e. The number of amides is 4. The van der Waals surface area contributed by atoms with Crippen LogP contribution in [0.25, 0.3) is 0 Å². The van der Waals surface area contributed by atoms with Crippen molar-refractivity contribution in [1.82, 2.24) is 25.3 Å². The number of hydrogen-bond acceptors (Lipinski definition) is 12. The molecule has 1 fully saturated rings. The largest absolute Gasteiger partial charge is 0.462 e. The summed E-state index contributed by atoms with van der Waals surface area (Å²) in [7, 11) is 10.1. The molecule has 8 atom stereocenters. The van der Waals surface area contributed by atoms with Gasteiger partial charge in [0.1, 0.15) is 18.7 Å². The highest BCUT2D eigenvalue weighted by molar-refractivity contribution is 5.90. The molecule has 2 rings (SSSR count). The topological polar surface area (TPSA) is 175 Å². The van der Waals surface area contributed by atoms with Crippen LogP contribution in [0, 0.1) is 23.7 Å². The van der Waals surface area contributed by atoms with Crippen molar-refractivity contribution in [1.29, 1.82) is 0 Å². The van der Waals surface area contributed by atoms with Gasteiger partial charge in [-0.1, -0.05) is 78.8 Å². The second kappa shape index (κ2) is 28.2. The first kappa shape index (κ1) is 54.5. The molecule has 0 aromatic heterocycles. The van der Waals surface area contributed by atoms with E-state index in [-0.39, 0.29) is 61.5 Å². The fraction of sp³-hybridized carbons (Fsp3) is 0.761. The maximum Gasteiger partial charge on any atom is 0.329 e. The van der Waals surface area contributed by atoms with Crippen LogP contribution in [-0.4, -0.2) is 175 Å². The minimum Gasteiger partial charge on any atom is -0.462 e. The van der Waals surface area contributed by atoms with Crippen molar-refractivity contribution in [3.8, 4) is 0 Å². The van der Waals surface area contributed by atoms with Gasteiger partial charge in [-0.2, -0.15) is 0 Å². The van der Waals surface area contributed by atoms with E-state index < -0.39 is 60.2 Å². The van der Waals surface area contributed by atoms with E-state index in [0.717, 1.165) is 5.56 Å². The molecular formula is C46H79N5O11. The molecule has 354 valence electrons. The van der Waals surface area contributed by atoms with Gasteiger partial charge in [-0.25, -0.2) is 4.79 Å². The first-order chi connectivity index (χ1) is 29.4. The van der Waals surface area contributed by atoms with Crippen LogP contribution in [0.4, 0.5) is 0 Å². The van der Waals surface area contributed by atoms with Gasteiger partial charge in [0.25, 0.3) is 0 Å². The monoisotopic (exact) mass is 878 g/mol. The summed E-state index contributed by atoms with van der Waals surface area (Å²) >= 11 is 0. The molecule has 1 heterocycles. The normalized spacial score (nSPS) is 17.7. The standard InChI is InChI=1S/C46H79N5O11/c1-30(2)39(48-44(54)41(32(5)6)49(8)9)45(55)50(10)40(31(3)4)37(58-12)29-38(52)51-21-17-20-36(51)42(59-13)33(7)43(53)47-35(28-34-18-15-14-16-19-34)46(56)62-27-26-61-25-24-60-23-22-57-11/h14-16,18-19,30-33,35-37,39-42H,17,20-29H2,1-13H3,(H,47,53)(H,48,54)/t33?,35-,36-,37+,39-,40-,41-,42+/m0/s1. The molecule has 16 nitrogen and oxygen atoms in total. The Balaban J connectivity index is 2.20. The van der Waals surface area contributed by atoms with Gasteiger partial charge in [0.2, 0.25) is 23.6 Å². The fourth-order valence-corrected chi connectivity index (χ4v) is 8.41. The summed E-state index contributed by atoms with van der Waals surface area (Å²) in [5.74, 6) is -2.69. The summed E-state index contributed by atoms with van der Waals surface area (Å²) < 4.78 is 33.4. The lowest BCUT2D eigenvalue weighted by molar-refractivity contribution is -0.151. The van der Waals surface area contributed by atoms with Gasteiger partial charge >= 0.3 is 5.97 Å². The second-order valence-electron chi connectivity index (χ2n) is 17.5. The van der Waals surface area contributed by atoms with Crippen molar-refractivity contribution in [2.45, 2.75) is 117 Å². The molecule has 62 heavy (non-hydrogen) atoms. The Kier molecular flexibility index (Phi) is 24.8. The van der Waals surface area contributed by atoms with Crippen LogP contribution < -0.4 is 10.6 Å². The Hall–Kier alpha value is -3.67. The molecule has 0 aliphatic carbocycles. The van der Waals surface area contributed by atoms with E-state index in [2.05, 4.69) is 10.6 Å². The van der Waals surface area contributed by atoms with E-state index >= 15 is 0 Å². The maximum atomic E-state index is 14.3. The Labute approximate surface area is 371 Å². The van der Waals surface area contributed by atoms with Crippen LogP contribution in [0.1, 0.15) is 73.3 Å². The van der Waals surface area contributed by atoms with E-state index in [4.69, 9.17) is 28.4 Å². The SMILES string of the molecule is COCCOCCOCCOC(=O)[C@H](Cc1ccccc1)NC(=O)C(C)[C@@H](OC)[C@@H]1CCCN1C(=O)C[C@@H](OC)[C@H](C(C)C)N(C)C(=O)[C@@H](NC(=O)[C@H](C(C)C)N(C)C)C(C)C. The number of ether oxygens (including phenoxy) is 6. The number of carbonyl (C=O) groups is 5. The average Bonchev–Trinajstić information content (AvgIpc) is 3.71. The van der Waals surface area contributed by atoms with Crippen molar-refractivity contribution >= 4 is 29.6 Å². The molecule has 1 unspecified atom stereocenters. The van der Waals surface area contributed by atoms with Gasteiger partial charge < -0.3 is 48.9 Å². The van der Waals surface area contributed by atoms with E-state index in [1.165, 1.54) is 14.2 Å². The number of likely N-dealkylation sites (tertiary alicyclic amines) is 1. The number of nitrogens with one attached hydrogen (secondary N) is 2. The quantitative estimate of drug-likeness (QED) is 0.0891. The van der Waals surface area contributed by atoms with Crippen LogP contribution in [0.2, 0.25) is 0 Å². The molecule has 4 amide bonds. The maximum absolute atomic E-state index is 14.3. The van der Waals surface area contributed by atoms with Crippen LogP contribution in [0.15, 0.2) is 30.3 Å². The van der Waals surface area contributed by atoms with Gasteiger partial charge in [-0.3, -0.25) is 24.1 Å². The molecule has 1 aromatic carbocycles. The molecular weight excluding hydrogens is 799 g/mol. The lowest BCUT2D eigenvalue weighted by Crippen LogP contribution is -2.59. The first-order valence-electron chi connectivity index (χ1n) is 22.1. The number of rotatable bonds is 29. The highest BCUT2D eigenvalue weighted by Crippen LogP contribution is 2.29. The number of hydrogen-bond donors (Lipinski definition) is 2. The van der Waals surface area contributed by atoms with E-state index in [1.807, 2.05) is 90.9 Å². The zero-order valence-corrected chi connectivity index (χ0v) is 39.8. The summed E-state index contributed by atoms with van der Waals surface area (Å²) in [6, 6.07) is 6.25. The number of likely N-dealkylation sites (N-methyl/N-ethyl adjacent to an activating group) is 2. The van der Waals surface area contributed by atoms with E-state index in [9.17, 15) is 24.0 Å². The van der Waals surface area contributed by atoms with Gasteiger partial charge in [-0.15, -0.1) is 0 Å². The highest BCUT2D eigenvalue weighted by Gasteiger charge is 2.43. The molecule has 0 bridgehead atoms. The predicted molar refractivity (Wildman–Crippen MR) is 237 cm³/mol. The molecule has 1 aliphatic heterocycles. The van der Waals surface area contributed by atoms with Crippen molar-refractivity contribution in [2.24, 2.45) is 23.7 Å². The molecule has 2 N–H and O–H groups in total. The van der Waals surface area contributed by atoms with Crippen LogP contribution >= 0.6 is 0 Å². The Bertz CT molecular complexity index is 1490. The van der Waals surface area contributed by atoms with Crippen LogP contribution in [-0.2, 0) is 58.8 Å². The van der Waals surface area contributed by atoms with E-state index in [0.29, 0.717) is 45.8 Å². The van der Waals surface area contributed by atoms with Crippen molar-refractivity contribution in [3.63, 3.8) is 0 Å². The van der Waals surface area contributed by atoms with Crippen molar-refractivity contribution in [3.05, 3.63) is 35.9 Å². The summed E-state index contributed by atoms with van der Waals surface area (Å²) in [6.07, 6.45) is 0.153. The molecule has 1 aliphatic rings. The summed E-state index contributed by atoms with van der Waals surface area (Å²) in [4.78, 5) is 74.5. The van der Waals surface area contributed by atoms with Gasteiger partial charge in [0, 0.05) is 41.3 Å². The molecule has 16 heteroatoms. The zero-order chi connectivity index (χ0) is 46.5. The lowest BCUT2D eigenvalue weighted by Gasteiger charge is -2.40. The molecule has 0 radical (unpaired) electrons. The predicted octanol–water partition coefficient (Wildman–Crippen LogP) is 3.19. The highest BCUT2D eigenvalue weighted by atomic mass is 16.6. The molecule has 1 aromatic rings. The number of esters is 1.